The summed E-state index contributed by atoms with van der Waals surface area (Å²) >= 11 is 1.25. The van der Waals surface area contributed by atoms with E-state index in [1.54, 1.807) is 0 Å². The highest BCUT2D eigenvalue weighted by Gasteiger charge is 2.24. The Morgan fingerprint density at radius 3 is 2.41 bits per heavy atom. The summed E-state index contributed by atoms with van der Waals surface area (Å²) in [6.07, 6.45) is 0. The summed E-state index contributed by atoms with van der Waals surface area (Å²) in [5.41, 5.74) is 2.33. The highest BCUT2D eigenvalue weighted by atomic mass is 32.7. The summed E-state index contributed by atoms with van der Waals surface area (Å²) in [6.45, 7) is 3.50. The lowest BCUT2D eigenvalue weighted by Gasteiger charge is -2.15. The average Bonchev–Trinajstić information content (AvgIpc) is 2.27. The molecule has 0 aliphatic heterocycles. The Hall–Kier alpha value is -0.280. The third-order valence-corrected chi connectivity index (χ3v) is 5.94. The van der Waals surface area contributed by atoms with Crippen molar-refractivity contribution in [3.63, 3.8) is 0 Å². The highest BCUT2D eigenvalue weighted by Crippen LogP contribution is 2.61. The Morgan fingerprint density at radius 2 is 1.88 bits per heavy atom. The quantitative estimate of drug-likeness (QED) is 0.690. The second kappa shape index (κ2) is 7.22. The van der Waals surface area contributed by atoms with E-state index < -0.39 is 6.80 Å². The fourth-order valence-corrected chi connectivity index (χ4v) is 4.73. The molecule has 0 aromatic heterocycles. The molecule has 0 bridgehead atoms. The first-order chi connectivity index (χ1) is 8.09. The fourth-order valence-electron chi connectivity index (χ4n) is 1.38. The van der Waals surface area contributed by atoms with Gasteiger partial charge >= 0.3 is 6.80 Å². The van der Waals surface area contributed by atoms with Gasteiger partial charge in [0.05, 0.1) is 13.2 Å². The molecule has 0 aliphatic rings. The van der Waals surface area contributed by atoms with E-state index in [0.717, 1.165) is 5.56 Å². The van der Waals surface area contributed by atoms with Crippen molar-refractivity contribution in [2.75, 3.05) is 13.2 Å². The second-order valence-corrected chi connectivity index (χ2v) is 7.62. The zero-order chi connectivity index (χ0) is 12.7. The van der Waals surface area contributed by atoms with E-state index in [1.807, 2.05) is 39.0 Å². The molecular weight excluding hydrogens is 255 g/mol. The molecule has 3 nitrogen and oxygen atoms in total. The fraction of sp³-hybridized carbons (Fsp3) is 0.500. The SMILES string of the molecule is CCOP(=O)(OCC)SCc1cccc(C)c1. The first-order valence-corrected chi connectivity index (χ1v) is 8.82. The molecule has 0 amide bonds. The predicted molar refractivity (Wildman–Crippen MR) is 73.3 cm³/mol. The van der Waals surface area contributed by atoms with E-state index in [9.17, 15) is 4.57 Å². The van der Waals surface area contributed by atoms with Crippen LogP contribution in [0.1, 0.15) is 25.0 Å². The van der Waals surface area contributed by atoms with Crippen LogP contribution in [-0.2, 0) is 19.4 Å². The van der Waals surface area contributed by atoms with Crippen LogP contribution in [0.2, 0.25) is 0 Å². The molecular formula is C12H19O3PS. The van der Waals surface area contributed by atoms with Crippen molar-refractivity contribution >= 4 is 18.2 Å². The van der Waals surface area contributed by atoms with Crippen molar-refractivity contribution in [1.82, 2.24) is 0 Å². The Bertz CT molecular complexity index is 385. The molecule has 0 saturated heterocycles. The molecule has 96 valence electrons. The van der Waals surface area contributed by atoms with Gasteiger partial charge in [-0.15, -0.1) is 0 Å². The van der Waals surface area contributed by atoms with Crippen LogP contribution in [0.15, 0.2) is 24.3 Å². The van der Waals surface area contributed by atoms with Crippen molar-refractivity contribution in [2.45, 2.75) is 26.5 Å². The van der Waals surface area contributed by atoms with Gasteiger partial charge in [0.2, 0.25) is 0 Å². The van der Waals surface area contributed by atoms with Crippen molar-refractivity contribution in [3.8, 4) is 0 Å². The topological polar surface area (TPSA) is 35.5 Å². The molecule has 0 unspecified atom stereocenters. The Morgan fingerprint density at radius 1 is 1.24 bits per heavy atom. The van der Waals surface area contributed by atoms with Crippen molar-refractivity contribution < 1.29 is 13.6 Å². The third-order valence-electron chi connectivity index (χ3n) is 2.05. The summed E-state index contributed by atoms with van der Waals surface area (Å²) in [6, 6.07) is 8.13. The van der Waals surface area contributed by atoms with E-state index in [-0.39, 0.29) is 0 Å². The molecule has 0 N–H and O–H groups in total. The molecule has 17 heavy (non-hydrogen) atoms. The van der Waals surface area contributed by atoms with Gasteiger partial charge in [0.25, 0.3) is 0 Å². The standard InChI is InChI=1S/C12H19O3PS/c1-4-14-16(13,15-5-2)17-10-12-8-6-7-11(3)9-12/h6-9H,4-5,10H2,1-3H3. The maximum absolute atomic E-state index is 12.2. The normalized spacial score (nSPS) is 11.7. The van der Waals surface area contributed by atoms with Crippen LogP contribution >= 0.6 is 18.2 Å². The largest absolute Gasteiger partial charge is 0.389 e. The van der Waals surface area contributed by atoms with E-state index in [4.69, 9.17) is 9.05 Å². The molecule has 1 rings (SSSR count). The Balaban J connectivity index is 2.60. The highest BCUT2D eigenvalue weighted by molar-refractivity contribution is 8.54. The van der Waals surface area contributed by atoms with Gasteiger partial charge in [-0.1, -0.05) is 29.8 Å². The van der Waals surface area contributed by atoms with E-state index in [2.05, 4.69) is 6.07 Å². The Kier molecular flexibility index (Phi) is 6.28. The van der Waals surface area contributed by atoms with Gasteiger partial charge in [0.15, 0.2) is 0 Å². The molecule has 0 heterocycles. The lowest BCUT2D eigenvalue weighted by atomic mass is 10.2. The first-order valence-electron chi connectivity index (χ1n) is 5.69. The number of hydrogen-bond donors (Lipinski definition) is 0. The van der Waals surface area contributed by atoms with E-state index >= 15 is 0 Å². The molecule has 0 aliphatic carbocycles. The summed E-state index contributed by atoms with van der Waals surface area (Å²) in [5.74, 6) is 0.638. The van der Waals surface area contributed by atoms with Gasteiger partial charge in [-0.25, -0.2) is 4.57 Å². The van der Waals surface area contributed by atoms with Crippen molar-refractivity contribution in [3.05, 3.63) is 35.4 Å². The first kappa shape index (κ1) is 14.8. The zero-order valence-electron chi connectivity index (χ0n) is 10.5. The van der Waals surface area contributed by atoms with Crippen LogP contribution in [0.25, 0.3) is 0 Å². The number of rotatable bonds is 7. The van der Waals surface area contributed by atoms with Crippen molar-refractivity contribution in [2.24, 2.45) is 0 Å². The molecule has 0 spiro atoms. The van der Waals surface area contributed by atoms with E-state index in [0.29, 0.717) is 19.0 Å². The number of aryl methyl sites for hydroxylation is 1. The molecule has 1 aromatic carbocycles. The molecule has 5 heteroatoms. The minimum Gasteiger partial charge on any atom is -0.301 e. The maximum atomic E-state index is 12.2. The van der Waals surface area contributed by atoms with Gasteiger partial charge in [-0.2, -0.15) is 0 Å². The smallest absolute Gasteiger partial charge is 0.301 e. The molecule has 1 aromatic rings. The maximum Gasteiger partial charge on any atom is 0.389 e. The van der Waals surface area contributed by atoms with Gasteiger partial charge in [-0.05, 0) is 37.7 Å². The predicted octanol–water partition coefficient (Wildman–Crippen LogP) is 4.41. The third kappa shape index (κ3) is 5.26. The average molecular weight is 274 g/mol. The summed E-state index contributed by atoms with van der Waals surface area (Å²) < 4.78 is 22.6. The minimum absolute atomic E-state index is 0.401. The monoisotopic (exact) mass is 274 g/mol. The summed E-state index contributed by atoms with van der Waals surface area (Å²) in [7, 11) is 0. The Labute approximate surface area is 107 Å². The van der Waals surface area contributed by atoms with Gasteiger partial charge in [-0.3, -0.25) is 0 Å². The zero-order valence-corrected chi connectivity index (χ0v) is 12.2. The minimum atomic E-state index is -2.98. The molecule has 0 radical (unpaired) electrons. The van der Waals surface area contributed by atoms with Crippen LogP contribution in [0, 0.1) is 6.92 Å². The van der Waals surface area contributed by atoms with Crippen LogP contribution < -0.4 is 0 Å². The van der Waals surface area contributed by atoms with E-state index in [1.165, 1.54) is 16.9 Å². The van der Waals surface area contributed by atoms with Gasteiger partial charge in [0.1, 0.15) is 0 Å². The van der Waals surface area contributed by atoms with Crippen LogP contribution in [0.5, 0.6) is 0 Å². The lowest BCUT2D eigenvalue weighted by molar-refractivity contribution is 0.237. The van der Waals surface area contributed by atoms with Crippen LogP contribution in [-0.4, -0.2) is 13.2 Å². The second-order valence-electron chi connectivity index (χ2n) is 3.55. The number of benzene rings is 1. The summed E-state index contributed by atoms with van der Waals surface area (Å²) in [5, 5.41) is 0. The molecule has 0 atom stereocenters. The lowest BCUT2D eigenvalue weighted by Crippen LogP contribution is -1.93. The van der Waals surface area contributed by atoms with Crippen LogP contribution in [0.3, 0.4) is 0 Å². The van der Waals surface area contributed by atoms with Crippen molar-refractivity contribution in [1.29, 1.82) is 0 Å². The van der Waals surface area contributed by atoms with Crippen LogP contribution in [0.4, 0.5) is 0 Å². The molecule has 0 saturated carbocycles. The van der Waals surface area contributed by atoms with Gasteiger partial charge < -0.3 is 9.05 Å². The molecule has 0 fully saturated rings. The number of hydrogen-bond acceptors (Lipinski definition) is 4. The summed E-state index contributed by atoms with van der Waals surface area (Å²) in [4.78, 5) is 0. The van der Waals surface area contributed by atoms with Gasteiger partial charge in [0, 0.05) is 5.75 Å².